The molecule has 0 radical (unpaired) electrons. The van der Waals surface area contributed by atoms with E-state index in [2.05, 4.69) is 22.9 Å². The maximum absolute atomic E-state index is 12.8. The van der Waals surface area contributed by atoms with Gasteiger partial charge in [0.25, 0.3) is 0 Å². The molecule has 1 aromatic carbocycles. The fourth-order valence-electron chi connectivity index (χ4n) is 1.55. The number of likely N-dealkylation sites (N-methyl/N-ethyl adjacent to an activating group) is 1. The molecule has 4 N–H and O–H groups in total. The van der Waals surface area contributed by atoms with Crippen molar-refractivity contribution >= 4 is 28.8 Å². The predicted octanol–water partition coefficient (Wildman–Crippen LogP) is 1.89. The first-order valence-corrected chi connectivity index (χ1v) is 6.18. The Kier molecular flexibility index (Phi) is 5.32. The van der Waals surface area contributed by atoms with Gasteiger partial charge in [0, 0.05) is 17.8 Å². The number of hydrogen-bond acceptors (Lipinski definition) is 3. The molecule has 0 aromatic heterocycles. The Hall–Kier alpha value is -1.83. The van der Waals surface area contributed by atoms with Crippen LogP contribution in [0, 0.1) is 0 Å². The van der Waals surface area contributed by atoms with Crippen LogP contribution in [0.5, 0.6) is 0 Å². The van der Waals surface area contributed by atoms with Crippen molar-refractivity contribution in [3.05, 3.63) is 29.3 Å². The molecule has 1 amide bonds. The SMILES string of the molecule is CCNC(=O)CNc1ccc(C(F)(F)F)c(C(N)=S)c1. The molecule has 20 heavy (non-hydrogen) atoms. The van der Waals surface area contributed by atoms with Crippen LogP contribution in [-0.4, -0.2) is 24.0 Å². The van der Waals surface area contributed by atoms with Crippen LogP contribution < -0.4 is 16.4 Å². The van der Waals surface area contributed by atoms with Gasteiger partial charge in [0.05, 0.1) is 12.1 Å². The minimum absolute atomic E-state index is 0.0457. The lowest BCUT2D eigenvalue weighted by Gasteiger charge is -2.14. The first kappa shape index (κ1) is 16.2. The van der Waals surface area contributed by atoms with Crippen LogP contribution in [0.3, 0.4) is 0 Å². The molecule has 0 saturated carbocycles. The predicted molar refractivity (Wildman–Crippen MR) is 74.5 cm³/mol. The lowest BCUT2D eigenvalue weighted by atomic mass is 10.1. The number of alkyl halides is 3. The number of nitrogens with one attached hydrogen (secondary N) is 2. The van der Waals surface area contributed by atoms with E-state index in [1.807, 2.05) is 0 Å². The van der Waals surface area contributed by atoms with E-state index in [1.165, 1.54) is 12.1 Å². The summed E-state index contributed by atoms with van der Waals surface area (Å²) in [7, 11) is 0. The first-order valence-electron chi connectivity index (χ1n) is 5.77. The van der Waals surface area contributed by atoms with E-state index >= 15 is 0 Å². The fourth-order valence-corrected chi connectivity index (χ4v) is 1.72. The Labute approximate surface area is 119 Å². The summed E-state index contributed by atoms with van der Waals surface area (Å²) in [5.74, 6) is -0.260. The van der Waals surface area contributed by atoms with Gasteiger partial charge in [0.2, 0.25) is 5.91 Å². The molecular weight excluding hydrogens is 291 g/mol. The number of thiocarbonyl (C=S) groups is 1. The second kappa shape index (κ2) is 6.56. The van der Waals surface area contributed by atoms with Crippen LogP contribution >= 0.6 is 12.2 Å². The third-order valence-electron chi connectivity index (χ3n) is 2.42. The average molecular weight is 305 g/mol. The molecule has 0 aliphatic heterocycles. The monoisotopic (exact) mass is 305 g/mol. The standard InChI is InChI=1S/C12H14F3N3OS/c1-2-17-10(19)6-18-7-3-4-9(12(13,14)15)8(5-7)11(16)20/h3-5,18H,2,6H2,1H3,(H2,16,20)(H,17,19). The van der Waals surface area contributed by atoms with Crippen molar-refractivity contribution in [2.24, 2.45) is 5.73 Å². The molecule has 110 valence electrons. The lowest BCUT2D eigenvalue weighted by molar-refractivity contribution is -0.137. The largest absolute Gasteiger partial charge is 0.417 e. The van der Waals surface area contributed by atoms with Crippen molar-refractivity contribution in [1.82, 2.24) is 5.32 Å². The van der Waals surface area contributed by atoms with Crippen LogP contribution in [0.25, 0.3) is 0 Å². The van der Waals surface area contributed by atoms with Gasteiger partial charge in [-0.05, 0) is 25.1 Å². The Balaban J connectivity index is 2.94. The number of carbonyl (C=O) groups excluding carboxylic acids is 1. The lowest BCUT2D eigenvalue weighted by Crippen LogP contribution is -2.29. The summed E-state index contributed by atoms with van der Waals surface area (Å²) < 4.78 is 38.3. The van der Waals surface area contributed by atoms with Gasteiger partial charge < -0.3 is 16.4 Å². The van der Waals surface area contributed by atoms with Gasteiger partial charge in [-0.3, -0.25) is 4.79 Å². The van der Waals surface area contributed by atoms with E-state index < -0.39 is 11.7 Å². The minimum atomic E-state index is -4.53. The van der Waals surface area contributed by atoms with Crippen molar-refractivity contribution in [2.75, 3.05) is 18.4 Å². The van der Waals surface area contributed by atoms with Crippen LogP contribution in [0.4, 0.5) is 18.9 Å². The summed E-state index contributed by atoms with van der Waals surface area (Å²) in [5.41, 5.74) is 4.48. The van der Waals surface area contributed by atoms with E-state index in [0.717, 1.165) is 6.07 Å². The molecule has 4 nitrogen and oxygen atoms in total. The highest BCUT2D eigenvalue weighted by Gasteiger charge is 2.34. The zero-order valence-corrected chi connectivity index (χ0v) is 11.5. The van der Waals surface area contributed by atoms with Crippen molar-refractivity contribution in [2.45, 2.75) is 13.1 Å². The van der Waals surface area contributed by atoms with E-state index in [-0.39, 0.29) is 23.0 Å². The van der Waals surface area contributed by atoms with E-state index in [9.17, 15) is 18.0 Å². The molecule has 0 aliphatic carbocycles. The summed E-state index contributed by atoms with van der Waals surface area (Å²) in [4.78, 5) is 10.9. The molecule has 1 rings (SSSR count). The van der Waals surface area contributed by atoms with Crippen LogP contribution in [-0.2, 0) is 11.0 Å². The van der Waals surface area contributed by atoms with Gasteiger partial charge >= 0.3 is 6.18 Å². The van der Waals surface area contributed by atoms with Gasteiger partial charge in [0.1, 0.15) is 4.99 Å². The molecule has 0 atom stereocenters. The summed E-state index contributed by atoms with van der Waals surface area (Å²) in [5, 5.41) is 5.27. The Morgan fingerprint density at radius 3 is 2.55 bits per heavy atom. The van der Waals surface area contributed by atoms with Gasteiger partial charge in [-0.15, -0.1) is 0 Å². The number of halogens is 3. The number of hydrogen-bond donors (Lipinski definition) is 3. The summed E-state index contributed by atoms with van der Waals surface area (Å²) in [6.45, 7) is 2.20. The zero-order valence-electron chi connectivity index (χ0n) is 10.7. The highest BCUT2D eigenvalue weighted by Crippen LogP contribution is 2.33. The van der Waals surface area contributed by atoms with E-state index in [4.69, 9.17) is 5.73 Å². The normalized spacial score (nSPS) is 11.0. The Morgan fingerprint density at radius 1 is 1.40 bits per heavy atom. The average Bonchev–Trinajstić information content (AvgIpc) is 2.35. The molecular formula is C12H14F3N3OS. The van der Waals surface area contributed by atoms with Gasteiger partial charge in [-0.25, -0.2) is 0 Å². The first-order chi connectivity index (χ1) is 9.25. The van der Waals surface area contributed by atoms with Gasteiger partial charge in [0.15, 0.2) is 0 Å². The number of amides is 1. The minimum Gasteiger partial charge on any atom is -0.389 e. The molecule has 0 saturated heterocycles. The number of benzene rings is 1. The van der Waals surface area contributed by atoms with Gasteiger partial charge in [-0.2, -0.15) is 13.2 Å². The molecule has 0 unspecified atom stereocenters. The topological polar surface area (TPSA) is 67.2 Å². The second-order valence-electron chi connectivity index (χ2n) is 3.93. The molecule has 0 heterocycles. The number of carbonyl (C=O) groups is 1. The van der Waals surface area contributed by atoms with Crippen LogP contribution in [0.15, 0.2) is 18.2 Å². The number of rotatable bonds is 5. The van der Waals surface area contributed by atoms with Crippen molar-refractivity contribution in [1.29, 1.82) is 0 Å². The molecule has 1 aromatic rings. The van der Waals surface area contributed by atoms with Crippen molar-refractivity contribution in [3.63, 3.8) is 0 Å². The molecule has 0 spiro atoms. The second-order valence-corrected chi connectivity index (χ2v) is 4.37. The zero-order chi connectivity index (χ0) is 15.3. The van der Waals surface area contributed by atoms with Crippen molar-refractivity contribution < 1.29 is 18.0 Å². The highest BCUT2D eigenvalue weighted by molar-refractivity contribution is 7.80. The molecule has 8 heteroatoms. The number of nitrogens with two attached hydrogens (primary N) is 1. The molecule has 0 fully saturated rings. The smallest absolute Gasteiger partial charge is 0.389 e. The van der Waals surface area contributed by atoms with Crippen LogP contribution in [0.1, 0.15) is 18.1 Å². The van der Waals surface area contributed by atoms with Crippen molar-refractivity contribution in [3.8, 4) is 0 Å². The maximum atomic E-state index is 12.8. The summed E-state index contributed by atoms with van der Waals surface area (Å²) >= 11 is 4.63. The third kappa shape index (κ3) is 4.37. The third-order valence-corrected chi connectivity index (χ3v) is 2.64. The highest BCUT2D eigenvalue weighted by atomic mass is 32.1. The van der Waals surface area contributed by atoms with Crippen LogP contribution in [0.2, 0.25) is 0 Å². The maximum Gasteiger partial charge on any atom is 0.417 e. The summed E-state index contributed by atoms with van der Waals surface area (Å²) in [6, 6.07) is 3.29. The molecule has 0 bridgehead atoms. The fraction of sp³-hybridized carbons (Fsp3) is 0.333. The van der Waals surface area contributed by atoms with Gasteiger partial charge in [-0.1, -0.05) is 12.2 Å². The number of anilines is 1. The Bertz CT molecular complexity index is 517. The Morgan fingerprint density at radius 2 is 2.05 bits per heavy atom. The van der Waals surface area contributed by atoms with E-state index in [1.54, 1.807) is 6.92 Å². The summed E-state index contributed by atoms with van der Waals surface area (Å²) in [6.07, 6.45) is -4.53. The quantitative estimate of drug-likeness (QED) is 0.727. The van der Waals surface area contributed by atoms with E-state index in [0.29, 0.717) is 12.2 Å². The molecule has 0 aliphatic rings.